The average Bonchev–Trinajstić information content (AvgIpc) is 2.37. The highest BCUT2D eigenvalue weighted by Crippen LogP contribution is 2.23. The maximum Gasteiger partial charge on any atom is 0.319 e. The minimum atomic E-state index is -0.302. The third-order valence-corrected chi connectivity index (χ3v) is 3.86. The van der Waals surface area contributed by atoms with Gasteiger partial charge in [-0.15, -0.1) is 0 Å². The standard InChI is InChI=1S/C15H21FN2O/c1-10-7-8-12(9-13(10)16)17-15(19)18-14-6-4-3-5-11(14)2/h7-9,11,14H,3-6H2,1-2H3,(H2,17,18,19)/t11-,14-/m0/s1. The molecule has 19 heavy (non-hydrogen) atoms. The van der Waals surface area contributed by atoms with Crippen LogP contribution in [-0.4, -0.2) is 12.1 Å². The lowest BCUT2D eigenvalue weighted by atomic mass is 9.86. The van der Waals surface area contributed by atoms with Crippen molar-refractivity contribution < 1.29 is 9.18 Å². The van der Waals surface area contributed by atoms with Crippen LogP contribution in [-0.2, 0) is 0 Å². The summed E-state index contributed by atoms with van der Waals surface area (Å²) in [6.45, 7) is 3.86. The van der Waals surface area contributed by atoms with Crippen LogP contribution in [0.4, 0.5) is 14.9 Å². The summed E-state index contributed by atoms with van der Waals surface area (Å²) >= 11 is 0. The summed E-state index contributed by atoms with van der Waals surface area (Å²) in [5.74, 6) is 0.207. The summed E-state index contributed by atoms with van der Waals surface area (Å²) in [6.07, 6.45) is 4.58. The summed E-state index contributed by atoms with van der Waals surface area (Å²) in [6, 6.07) is 4.70. The van der Waals surface area contributed by atoms with Gasteiger partial charge in [-0.1, -0.05) is 25.8 Å². The molecule has 104 valence electrons. The Morgan fingerprint density at radius 2 is 2.05 bits per heavy atom. The van der Waals surface area contributed by atoms with Crippen molar-refractivity contribution >= 4 is 11.7 Å². The van der Waals surface area contributed by atoms with Crippen molar-refractivity contribution in [3.05, 3.63) is 29.6 Å². The normalized spacial score (nSPS) is 22.9. The lowest BCUT2D eigenvalue weighted by Gasteiger charge is -2.29. The molecule has 1 aromatic rings. The first-order valence-electron chi connectivity index (χ1n) is 6.90. The molecular formula is C15H21FN2O. The minimum absolute atomic E-state index is 0.226. The summed E-state index contributed by atoms with van der Waals surface area (Å²) in [5, 5.41) is 5.67. The van der Waals surface area contributed by atoms with Gasteiger partial charge < -0.3 is 10.6 Å². The maximum absolute atomic E-state index is 13.4. The Morgan fingerprint density at radius 1 is 1.32 bits per heavy atom. The number of nitrogens with one attached hydrogen (secondary N) is 2. The van der Waals surface area contributed by atoms with E-state index < -0.39 is 0 Å². The molecule has 2 atom stereocenters. The molecule has 0 unspecified atom stereocenters. The molecule has 1 fully saturated rings. The summed E-state index contributed by atoms with van der Waals surface area (Å²) < 4.78 is 13.4. The Kier molecular flexibility index (Phi) is 4.40. The smallest absolute Gasteiger partial charge is 0.319 e. The van der Waals surface area contributed by atoms with Crippen molar-refractivity contribution in [3.63, 3.8) is 0 Å². The third kappa shape index (κ3) is 3.69. The van der Waals surface area contributed by atoms with Crippen LogP contribution >= 0.6 is 0 Å². The van der Waals surface area contributed by atoms with E-state index in [-0.39, 0.29) is 17.9 Å². The Bertz CT molecular complexity index is 461. The summed E-state index contributed by atoms with van der Waals surface area (Å²) in [5.41, 5.74) is 1.07. The molecular weight excluding hydrogens is 243 g/mol. The number of hydrogen-bond acceptors (Lipinski definition) is 1. The van der Waals surface area contributed by atoms with Crippen LogP contribution in [0, 0.1) is 18.7 Å². The van der Waals surface area contributed by atoms with Gasteiger partial charge in [0.1, 0.15) is 5.82 Å². The second-order valence-corrected chi connectivity index (χ2v) is 5.43. The largest absolute Gasteiger partial charge is 0.335 e. The van der Waals surface area contributed by atoms with Crippen molar-refractivity contribution in [2.24, 2.45) is 5.92 Å². The Labute approximate surface area is 113 Å². The van der Waals surface area contributed by atoms with Crippen molar-refractivity contribution in [1.29, 1.82) is 0 Å². The van der Waals surface area contributed by atoms with Crippen molar-refractivity contribution in [2.75, 3.05) is 5.32 Å². The zero-order valence-electron chi connectivity index (χ0n) is 11.5. The molecule has 2 rings (SSSR count). The zero-order valence-corrected chi connectivity index (χ0v) is 11.5. The van der Waals surface area contributed by atoms with Crippen LogP contribution in [0.5, 0.6) is 0 Å². The van der Waals surface area contributed by atoms with E-state index in [1.807, 2.05) is 0 Å². The monoisotopic (exact) mass is 264 g/mol. The molecule has 0 spiro atoms. The van der Waals surface area contributed by atoms with Gasteiger partial charge in [0.25, 0.3) is 0 Å². The van der Waals surface area contributed by atoms with Gasteiger partial charge in [0.15, 0.2) is 0 Å². The molecule has 0 heterocycles. The number of hydrogen-bond donors (Lipinski definition) is 2. The van der Waals surface area contributed by atoms with Gasteiger partial charge in [0.05, 0.1) is 0 Å². The molecule has 1 aliphatic carbocycles. The molecule has 0 radical (unpaired) electrons. The van der Waals surface area contributed by atoms with E-state index in [0.29, 0.717) is 17.2 Å². The number of halogens is 1. The second kappa shape index (κ2) is 6.04. The Hall–Kier alpha value is -1.58. The molecule has 1 aliphatic rings. The number of rotatable bonds is 2. The van der Waals surface area contributed by atoms with E-state index in [1.54, 1.807) is 19.1 Å². The van der Waals surface area contributed by atoms with Gasteiger partial charge in [-0.05, 0) is 43.4 Å². The first-order chi connectivity index (χ1) is 9.06. The molecule has 0 aromatic heterocycles. The number of benzene rings is 1. The fraction of sp³-hybridized carbons (Fsp3) is 0.533. The maximum atomic E-state index is 13.4. The molecule has 4 heteroatoms. The van der Waals surface area contributed by atoms with E-state index in [9.17, 15) is 9.18 Å². The van der Waals surface area contributed by atoms with E-state index in [1.165, 1.54) is 12.5 Å². The van der Waals surface area contributed by atoms with E-state index >= 15 is 0 Å². The van der Waals surface area contributed by atoms with Gasteiger partial charge in [-0.25, -0.2) is 9.18 Å². The highest BCUT2D eigenvalue weighted by molar-refractivity contribution is 5.89. The van der Waals surface area contributed by atoms with Crippen LogP contribution in [0.2, 0.25) is 0 Å². The quantitative estimate of drug-likeness (QED) is 0.837. The first kappa shape index (κ1) is 13.8. The zero-order chi connectivity index (χ0) is 13.8. The SMILES string of the molecule is Cc1ccc(NC(=O)N[C@H]2CCCC[C@@H]2C)cc1F. The van der Waals surface area contributed by atoms with E-state index in [4.69, 9.17) is 0 Å². The van der Waals surface area contributed by atoms with Gasteiger partial charge in [0, 0.05) is 11.7 Å². The molecule has 0 saturated heterocycles. The Morgan fingerprint density at radius 3 is 2.74 bits per heavy atom. The van der Waals surface area contributed by atoms with Gasteiger partial charge in [0.2, 0.25) is 0 Å². The number of urea groups is 1. The van der Waals surface area contributed by atoms with Gasteiger partial charge >= 0.3 is 6.03 Å². The molecule has 0 aliphatic heterocycles. The molecule has 3 nitrogen and oxygen atoms in total. The fourth-order valence-electron chi connectivity index (χ4n) is 2.54. The van der Waals surface area contributed by atoms with Gasteiger partial charge in [-0.2, -0.15) is 0 Å². The minimum Gasteiger partial charge on any atom is -0.335 e. The average molecular weight is 264 g/mol. The number of carbonyl (C=O) groups is 1. The second-order valence-electron chi connectivity index (χ2n) is 5.43. The fourth-order valence-corrected chi connectivity index (χ4v) is 2.54. The highest BCUT2D eigenvalue weighted by atomic mass is 19.1. The topological polar surface area (TPSA) is 41.1 Å². The van der Waals surface area contributed by atoms with Crippen molar-refractivity contribution in [1.82, 2.24) is 5.32 Å². The van der Waals surface area contributed by atoms with Crippen molar-refractivity contribution in [2.45, 2.75) is 45.6 Å². The van der Waals surface area contributed by atoms with Gasteiger partial charge in [-0.3, -0.25) is 0 Å². The van der Waals surface area contributed by atoms with Crippen LogP contribution in [0.15, 0.2) is 18.2 Å². The highest BCUT2D eigenvalue weighted by Gasteiger charge is 2.22. The molecule has 1 saturated carbocycles. The number of carbonyl (C=O) groups excluding carboxylic acids is 1. The molecule has 1 aromatic carbocycles. The van der Waals surface area contributed by atoms with Crippen molar-refractivity contribution in [3.8, 4) is 0 Å². The summed E-state index contributed by atoms with van der Waals surface area (Å²) in [4.78, 5) is 11.9. The summed E-state index contributed by atoms with van der Waals surface area (Å²) in [7, 11) is 0. The van der Waals surface area contributed by atoms with E-state index in [0.717, 1.165) is 19.3 Å². The molecule has 2 amide bonds. The number of amides is 2. The third-order valence-electron chi connectivity index (χ3n) is 3.86. The van der Waals surface area contributed by atoms with E-state index in [2.05, 4.69) is 17.6 Å². The first-order valence-corrected chi connectivity index (χ1v) is 6.90. The number of aryl methyl sites for hydroxylation is 1. The lowest BCUT2D eigenvalue weighted by molar-refractivity contribution is 0.232. The predicted molar refractivity (Wildman–Crippen MR) is 74.7 cm³/mol. The lowest BCUT2D eigenvalue weighted by Crippen LogP contribution is -2.43. The number of anilines is 1. The van der Waals surface area contributed by atoms with Crippen LogP contribution in [0.3, 0.4) is 0 Å². The van der Waals surface area contributed by atoms with Crippen LogP contribution in [0.25, 0.3) is 0 Å². The molecule has 2 N–H and O–H groups in total. The predicted octanol–water partition coefficient (Wildman–Crippen LogP) is 3.83. The van der Waals surface area contributed by atoms with Crippen LogP contribution in [0.1, 0.15) is 38.2 Å². The molecule has 0 bridgehead atoms. The van der Waals surface area contributed by atoms with Crippen LogP contribution < -0.4 is 10.6 Å². The Balaban J connectivity index is 1.91.